The van der Waals surface area contributed by atoms with Gasteiger partial charge in [-0.2, -0.15) is 0 Å². The van der Waals surface area contributed by atoms with Gasteiger partial charge in [0, 0.05) is 12.0 Å². The highest BCUT2D eigenvalue weighted by Gasteiger charge is 2.06. The van der Waals surface area contributed by atoms with Crippen LogP contribution in [-0.4, -0.2) is 24.4 Å². The molecule has 0 aliphatic heterocycles. The van der Waals surface area contributed by atoms with Crippen molar-refractivity contribution >= 4 is 5.97 Å². The first-order valence-electron chi connectivity index (χ1n) is 4.72. The average Bonchev–Trinajstić information content (AvgIpc) is 2.20. The van der Waals surface area contributed by atoms with E-state index in [-0.39, 0.29) is 13.0 Å². The van der Waals surface area contributed by atoms with E-state index in [0.29, 0.717) is 17.7 Å². The summed E-state index contributed by atoms with van der Waals surface area (Å²) in [6.45, 7) is -0.159. The van der Waals surface area contributed by atoms with Gasteiger partial charge in [0.2, 0.25) is 0 Å². The molecule has 0 saturated carbocycles. The first kappa shape index (κ1) is 11.5. The number of carboxylic acid groups (broad SMARTS) is 1. The van der Waals surface area contributed by atoms with Crippen molar-refractivity contribution in [1.82, 2.24) is 0 Å². The molecule has 0 aliphatic carbocycles. The number of carbonyl (C=O) groups is 1. The number of hydrogen-bond donors (Lipinski definition) is 1. The number of alkyl halides is 1. The van der Waals surface area contributed by atoms with Crippen LogP contribution in [0.2, 0.25) is 0 Å². The maximum atomic E-state index is 11.8. The fourth-order valence-electron chi connectivity index (χ4n) is 1.19. The molecule has 82 valence electrons. The highest BCUT2D eigenvalue weighted by molar-refractivity contribution is 5.71. The van der Waals surface area contributed by atoms with E-state index in [9.17, 15) is 9.18 Å². The van der Waals surface area contributed by atoms with Gasteiger partial charge in [0.15, 0.2) is 0 Å². The Morgan fingerprint density at radius 2 is 2.13 bits per heavy atom. The zero-order valence-corrected chi connectivity index (χ0v) is 8.28. The van der Waals surface area contributed by atoms with Crippen LogP contribution in [-0.2, 0) is 11.2 Å². The van der Waals surface area contributed by atoms with Crippen LogP contribution >= 0.6 is 0 Å². The third-order valence-electron chi connectivity index (χ3n) is 1.85. The molecule has 0 spiro atoms. The van der Waals surface area contributed by atoms with Crippen molar-refractivity contribution in [1.29, 1.82) is 0 Å². The summed E-state index contributed by atoms with van der Waals surface area (Å²) in [5, 5.41) is 8.65. The van der Waals surface area contributed by atoms with Gasteiger partial charge < -0.3 is 9.84 Å². The van der Waals surface area contributed by atoms with Crippen molar-refractivity contribution in [2.24, 2.45) is 0 Å². The molecule has 1 aromatic rings. The summed E-state index contributed by atoms with van der Waals surface area (Å²) in [5.41, 5.74) is 0.615. The van der Waals surface area contributed by atoms with Crippen molar-refractivity contribution in [3.05, 3.63) is 29.8 Å². The Kier molecular flexibility index (Phi) is 4.60. The number of rotatable bonds is 6. The zero-order valence-electron chi connectivity index (χ0n) is 8.28. The molecule has 0 aliphatic rings. The highest BCUT2D eigenvalue weighted by Crippen LogP contribution is 2.18. The number of ether oxygens (including phenoxy) is 1. The van der Waals surface area contributed by atoms with Crippen LogP contribution in [0, 0.1) is 0 Å². The molecule has 4 heteroatoms. The van der Waals surface area contributed by atoms with Crippen LogP contribution in [0.15, 0.2) is 24.3 Å². The lowest BCUT2D eigenvalue weighted by Crippen LogP contribution is -2.05. The van der Waals surface area contributed by atoms with E-state index in [1.54, 1.807) is 24.3 Å². The minimum atomic E-state index is -0.906. The van der Waals surface area contributed by atoms with E-state index in [2.05, 4.69) is 0 Å². The van der Waals surface area contributed by atoms with Gasteiger partial charge in [-0.05, 0) is 6.07 Å². The zero-order chi connectivity index (χ0) is 11.1. The molecule has 3 nitrogen and oxygen atoms in total. The second-order valence-corrected chi connectivity index (χ2v) is 3.07. The summed E-state index contributed by atoms with van der Waals surface area (Å²) in [5.74, 6) is -0.384. The molecule has 0 atom stereocenters. The third-order valence-corrected chi connectivity index (χ3v) is 1.85. The number of halogens is 1. The fourth-order valence-corrected chi connectivity index (χ4v) is 1.19. The molecule has 1 N–H and O–H groups in total. The van der Waals surface area contributed by atoms with E-state index >= 15 is 0 Å². The van der Waals surface area contributed by atoms with Crippen molar-refractivity contribution < 1.29 is 19.0 Å². The minimum absolute atomic E-state index is 0.0776. The molecule has 1 aromatic carbocycles. The SMILES string of the molecule is O=C(O)Cc1ccccc1OCCCF. The Morgan fingerprint density at radius 1 is 1.40 bits per heavy atom. The van der Waals surface area contributed by atoms with Crippen molar-refractivity contribution in [3.63, 3.8) is 0 Å². The monoisotopic (exact) mass is 212 g/mol. The van der Waals surface area contributed by atoms with Gasteiger partial charge in [0.05, 0.1) is 19.7 Å². The Balaban J connectivity index is 2.64. The lowest BCUT2D eigenvalue weighted by Gasteiger charge is -2.08. The van der Waals surface area contributed by atoms with Crippen LogP contribution in [0.25, 0.3) is 0 Å². The molecule has 15 heavy (non-hydrogen) atoms. The van der Waals surface area contributed by atoms with Crippen molar-refractivity contribution in [2.75, 3.05) is 13.3 Å². The molecule has 1 rings (SSSR count). The number of benzene rings is 1. The summed E-state index contributed by atoms with van der Waals surface area (Å²) in [6.07, 6.45) is 0.243. The molecule has 0 amide bonds. The first-order chi connectivity index (χ1) is 7.24. The van der Waals surface area contributed by atoms with E-state index < -0.39 is 12.6 Å². The Hall–Kier alpha value is -1.58. The van der Waals surface area contributed by atoms with Crippen molar-refractivity contribution in [3.8, 4) is 5.75 Å². The Bertz CT molecular complexity index is 325. The van der Waals surface area contributed by atoms with E-state index in [1.807, 2.05) is 0 Å². The smallest absolute Gasteiger partial charge is 0.307 e. The summed E-state index contributed by atoms with van der Waals surface area (Å²) in [4.78, 5) is 10.5. The van der Waals surface area contributed by atoms with Crippen LogP contribution in [0.4, 0.5) is 4.39 Å². The summed E-state index contributed by atoms with van der Waals surface area (Å²) < 4.78 is 17.1. The van der Waals surface area contributed by atoms with E-state index in [0.717, 1.165) is 0 Å². The van der Waals surface area contributed by atoms with Gasteiger partial charge in [-0.1, -0.05) is 18.2 Å². The van der Waals surface area contributed by atoms with Gasteiger partial charge in [-0.25, -0.2) is 0 Å². The molecule has 0 unspecified atom stereocenters. The van der Waals surface area contributed by atoms with Crippen LogP contribution < -0.4 is 4.74 Å². The Morgan fingerprint density at radius 3 is 2.80 bits per heavy atom. The van der Waals surface area contributed by atoms with Gasteiger partial charge in [0.25, 0.3) is 0 Å². The largest absolute Gasteiger partial charge is 0.493 e. The lowest BCUT2D eigenvalue weighted by atomic mass is 10.1. The third kappa shape index (κ3) is 3.97. The summed E-state index contributed by atoms with van der Waals surface area (Å²) >= 11 is 0. The second kappa shape index (κ2) is 6.01. The standard InChI is InChI=1S/C11H13FO3/c12-6-3-7-15-10-5-2-1-4-9(10)8-11(13)14/h1-2,4-5H,3,6-8H2,(H,13,14). The number of hydrogen-bond acceptors (Lipinski definition) is 2. The topological polar surface area (TPSA) is 46.5 Å². The summed E-state index contributed by atoms with van der Waals surface area (Å²) in [7, 11) is 0. The predicted octanol–water partition coefficient (Wildman–Crippen LogP) is 2.05. The number of aliphatic carboxylic acids is 1. The van der Waals surface area contributed by atoms with Gasteiger partial charge in [-0.15, -0.1) is 0 Å². The Labute approximate surface area is 87.5 Å². The summed E-state index contributed by atoms with van der Waals surface area (Å²) in [6, 6.07) is 6.89. The quantitative estimate of drug-likeness (QED) is 0.734. The lowest BCUT2D eigenvalue weighted by molar-refractivity contribution is -0.136. The van der Waals surface area contributed by atoms with Gasteiger partial charge in [-0.3, -0.25) is 9.18 Å². The van der Waals surface area contributed by atoms with Crippen LogP contribution in [0.1, 0.15) is 12.0 Å². The van der Waals surface area contributed by atoms with Crippen LogP contribution in [0.5, 0.6) is 5.75 Å². The van der Waals surface area contributed by atoms with Gasteiger partial charge in [0.1, 0.15) is 5.75 Å². The molecule has 0 aromatic heterocycles. The maximum Gasteiger partial charge on any atom is 0.307 e. The number of para-hydroxylation sites is 1. The van der Waals surface area contributed by atoms with Crippen LogP contribution in [0.3, 0.4) is 0 Å². The van der Waals surface area contributed by atoms with E-state index in [1.165, 1.54) is 0 Å². The molecule has 0 radical (unpaired) electrons. The fraction of sp³-hybridized carbons (Fsp3) is 0.364. The molecular formula is C11H13FO3. The normalized spacial score (nSPS) is 9.93. The molecule has 0 bridgehead atoms. The average molecular weight is 212 g/mol. The van der Waals surface area contributed by atoms with Gasteiger partial charge >= 0.3 is 5.97 Å². The maximum absolute atomic E-state index is 11.8. The first-order valence-corrected chi connectivity index (χ1v) is 4.72. The number of carboxylic acids is 1. The predicted molar refractivity (Wildman–Crippen MR) is 53.9 cm³/mol. The highest BCUT2D eigenvalue weighted by atomic mass is 19.1. The minimum Gasteiger partial charge on any atom is -0.493 e. The van der Waals surface area contributed by atoms with Crippen molar-refractivity contribution in [2.45, 2.75) is 12.8 Å². The molecule has 0 heterocycles. The molecule has 0 fully saturated rings. The molecular weight excluding hydrogens is 199 g/mol. The van der Waals surface area contributed by atoms with E-state index in [4.69, 9.17) is 9.84 Å². The molecule has 0 saturated heterocycles. The second-order valence-electron chi connectivity index (χ2n) is 3.07.